The number of hydrogen-bond donors (Lipinski definition) is 1. The molecule has 1 N–H and O–H groups in total. The molecular formula is C15H21ClFNO. The fourth-order valence-electron chi connectivity index (χ4n) is 2.76. The molecule has 0 spiro atoms. The molecular weight excluding hydrogens is 265 g/mol. The molecule has 1 aliphatic carbocycles. The quantitative estimate of drug-likeness (QED) is 0.882. The highest BCUT2D eigenvalue weighted by molar-refractivity contribution is 6.32. The molecule has 4 heteroatoms. The van der Waals surface area contributed by atoms with Crippen molar-refractivity contribution in [2.75, 3.05) is 6.54 Å². The third-order valence-electron chi connectivity index (χ3n) is 4.36. The molecule has 1 fully saturated rings. The number of rotatable bonds is 5. The minimum Gasteiger partial charge on any atom is -0.488 e. The first-order valence-electron chi connectivity index (χ1n) is 6.86. The van der Waals surface area contributed by atoms with Gasteiger partial charge in [0, 0.05) is 17.9 Å². The molecule has 0 radical (unpaired) electrons. The van der Waals surface area contributed by atoms with Crippen LogP contribution in [0.15, 0.2) is 18.2 Å². The zero-order chi connectivity index (χ0) is 14.0. The molecule has 3 unspecified atom stereocenters. The standard InChI is InChI=1S/C15H21ClFNO/c1-4-15(3)13(18-5-2)9-14(15)19-12-7-6-10(17)8-11(12)16/h6-8,13-14,18H,4-5,9H2,1-3H3. The highest BCUT2D eigenvalue weighted by Crippen LogP contribution is 2.46. The van der Waals surface area contributed by atoms with Crippen LogP contribution in [0, 0.1) is 11.2 Å². The summed E-state index contributed by atoms with van der Waals surface area (Å²) in [5.41, 5.74) is 0.105. The summed E-state index contributed by atoms with van der Waals surface area (Å²) in [5, 5.41) is 3.83. The Balaban J connectivity index is 2.08. The zero-order valence-corrected chi connectivity index (χ0v) is 12.4. The van der Waals surface area contributed by atoms with E-state index < -0.39 is 0 Å². The lowest BCUT2D eigenvalue weighted by atomic mass is 9.61. The molecule has 0 aromatic heterocycles. The van der Waals surface area contributed by atoms with Crippen molar-refractivity contribution in [2.45, 2.75) is 45.8 Å². The Morgan fingerprint density at radius 2 is 2.21 bits per heavy atom. The van der Waals surface area contributed by atoms with Crippen LogP contribution in [-0.2, 0) is 0 Å². The van der Waals surface area contributed by atoms with E-state index >= 15 is 0 Å². The van der Waals surface area contributed by atoms with Gasteiger partial charge in [-0.15, -0.1) is 0 Å². The topological polar surface area (TPSA) is 21.3 Å². The van der Waals surface area contributed by atoms with Crippen molar-refractivity contribution in [2.24, 2.45) is 5.41 Å². The average molecular weight is 286 g/mol. The van der Waals surface area contributed by atoms with Crippen molar-refractivity contribution < 1.29 is 9.13 Å². The minimum atomic E-state index is -0.338. The Labute approximate surface area is 119 Å². The summed E-state index contributed by atoms with van der Waals surface area (Å²) in [6, 6.07) is 4.76. The lowest BCUT2D eigenvalue weighted by Crippen LogP contribution is -2.63. The second-order valence-electron chi connectivity index (χ2n) is 5.39. The van der Waals surface area contributed by atoms with Gasteiger partial charge >= 0.3 is 0 Å². The van der Waals surface area contributed by atoms with Crippen LogP contribution in [0.1, 0.15) is 33.6 Å². The van der Waals surface area contributed by atoms with Gasteiger partial charge in [0.1, 0.15) is 17.7 Å². The highest BCUT2D eigenvalue weighted by atomic mass is 35.5. The third kappa shape index (κ3) is 2.72. The van der Waals surface area contributed by atoms with E-state index in [9.17, 15) is 4.39 Å². The average Bonchev–Trinajstić information content (AvgIpc) is 2.39. The first-order valence-corrected chi connectivity index (χ1v) is 7.24. The van der Waals surface area contributed by atoms with Crippen molar-refractivity contribution in [1.82, 2.24) is 5.32 Å². The predicted molar refractivity (Wildman–Crippen MR) is 76.3 cm³/mol. The smallest absolute Gasteiger partial charge is 0.138 e. The van der Waals surface area contributed by atoms with Crippen molar-refractivity contribution in [3.8, 4) is 5.75 Å². The first kappa shape index (κ1) is 14.6. The lowest BCUT2D eigenvalue weighted by Gasteiger charge is -2.53. The molecule has 1 aliphatic rings. The lowest BCUT2D eigenvalue weighted by molar-refractivity contribution is -0.0696. The Hall–Kier alpha value is -0.800. The van der Waals surface area contributed by atoms with Crippen molar-refractivity contribution >= 4 is 11.6 Å². The van der Waals surface area contributed by atoms with Gasteiger partial charge in [-0.2, -0.15) is 0 Å². The molecule has 2 rings (SSSR count). The summed E-state index contributed by atoms with van der Waals surface area (Å²) in [7, 11) is 0. The normalized spacial score (nSPS) is 29.9. The van der Waals surface area contributed by atoms with E-state index in [2.05, 4.69) is 26.1 Å². The Bertz CT molecular complexity index is 454. The van der Waals surface area contributed by atoms with Crippen LogP contribution < -0.4 is 10.1 Å². The maximum absolute atomic E-state index is 13.0. The van der Waals surface area contributed by atoms with E-state index in [0.29, 0.717) is 16.8 Å². The van der Waals surface area contributed by atoms with Gasteiger partial charge in [-0.1, -0.05) is 32.4 Å². The SMILES string of the molecule is CCNC1CC(Oc2ccc(F)cc2Cl)C1(C)CC. The maximum Gasteiger partial charge on any atom is 0.138 e. The van der Waals surface area contributed by atoms with Crippen LogP contribution in [-0.4, -0.2) is 18.7 Å². The van der Waals surface area contributed by atoms with Gasteiger partial charge in [0.2, 0.25) is 0 Å². The van der Waals surface area contributed by atoms with E-state index in [1.54, 1.807) is 6.07 Å². The molecule has 0 amide bonds. The second-order valence-corrected chi connectivity index (χ2v) is 5.79. The summed E-state index contributed by atoms with van der Waals surface area (Å²) < 4.78 is 19.0. The van der Waals surface area contributed by atoms with Gasteiger partial charge in [-0.05, 0) is 31.2 Å². The van der Waals surface area contributed by atoms with Gasteiger partial charge in [-0.3, -0.25) is 0 Å². The summed E-state index contributed by atoms with van der Waals surface area (Å²) in [6.07, 6.45) is 2.13. The van der Waals surface area contributed by atoms with E-state index in [-0.39, 0.29) is 17.3 Å². The maximum atomic E-state index is 13.0. The van der Waals surface area contributed by atoms with Crippen molar-refractivity contribution in [3.05, 3.63) is 29.0 Å². The zero-order valence-electron chi connectivity index (χ0n) is 11.7. The fourth-order valence-corrected chi connectivity index (χ4v) is 2.97. The van der Waals surface area contributed by atoms with Crippen LogP contribution >= 0.6 is 11.6 Å². The molecule has 3 atom stereocenters. The predicted octanol–water partition coefficient (Wildman–Crippen LogP) is 4.02. The molecule has 106 valence electrons. The number of nitrogens with one attached hydrogen (secondary N) is 1. The van der Waals surface area contributed by atoms with Crippen LogP contribution in [0.2, 0.25) is 5.02 Å². The van der Waals surface area contributed by atoms with E-state index in [4.69, 9.17) is 16.3 Å². The molecule has 0 bridgehead atoms. The molecule has 1 aromatic rings. The second kappa shape index (κ2) is 5.68. The number of ether oxygens (including phenoxy) is 1. The Kier molecular flexibility index (Phi) is 4.36. The van der Waals surface area contributed by atoms with E-state index in [1.807, 2.05) is 0 Å². The van der Waals surface area contributed by atoms with Crippen LogP contribution in [0.5, 0.6) is 5.75 Å². The van der Waals surface area contributed by atoms with Crippen molar-refractivity contribution in [3.63, 3.8) is 0 Å². The third-order valence-corrected chi connectivity index (χ3v) is 4.65. The van der Waals surface area contributed by atoms with Crippen LogP contribution in [0.4, 0.5) is 4.39 Å². The molecule has 2 nitrogen and oxygen atoms in total. The van der Waals surface area contributed by atoms with Gasteiger partial charge in [0.25, 0.3) is 0 Å². The molecule has 0 aliphatic heterocycles. The molecule has 19 heavy (non-hydrogen) atoms. The minimum absolute atomic E-state index is 0.105. The van der Waals surface area contributed by atoms with E-state index in [1.165, 1.54) is 12.1 Å². The number of halogens is 2. The fraction of sp³-hybridized carbons (Fsp3) is 0.600. The first-order chi connectivity index (χ1) is 9.01. The van der Waals surface area contributed by atoms with Crippen molar-refractivity contribution in [1.29, 1.82) is 0 Å². The largest absolute Gasteiger partial charge is 0.488 e. The van der Waals surface area contributed by atoms with Gasteiger partial charge in [-0.25, -0.2) is 4.39 Å². The van der Waals surface area contributed by atoms with Gasteiger partial charge in [0.05, 0.1) is 5.02 Å². The van der Waals surface area contributed by atoms with Crippen LogP contribution in [0.25, 0.3) is 0 Å². The van der Waals surface area contributed by atoms with Crippen LogP contribution in [0.3, 0.4) is 0 Å². The van der Waals surface area contributed by atoms with Gasteiger partial charge < -0.3 is 10.1 Å². The highest BCUT2D eigenvalue weighted by Gasteiger charge is 2.51. The summed E-state index contributed by atoms with van der Waals surface area (Å²) >= 11 is 6.01. The molecule has 0 heterocycles. The van der Waals surface area contributed by atoms with Gasteiger partial charge in [0.15, 0.2) is 0 Å². The number of hydrogen-bond acceptors (Lipinski definition) is 2. The Morgan fingerprint density at radius 1 is 1.47 bits per heavy atom. The summed E-state index contributed by atoms with van der Waals surface area (Å²) in [6.45, 7) is 7.48. The molecule has 0 saturated heterocycles. The summed E-state index contributed by atoms with van der Waals surface area (Å²) in [4.78, 5) is 0. The molecule has 1 saturated carbocycles. The summed E-state index contributed by atoms with van der Waals surface area (Å²) in [5.74, 6) is 0.234. The monoisotopic (exact) mass is 285 g/mol. The Morgan fingerprint density at radius 3 is 2.79 bits per heavy atom. The van der Waals surface area contributed by atoms with E-state index in [0.717, 1.165) is 19.4 Å². The molecule has 1 aromatic carbocycles. The number of benzene rings is 1.